The molecule has 2 aromatic heterocycles. The molecule has 0 spiro atoms. The van der Waals surface area contributed by atoms with E-state index < -0.39 is 29.5 Å². The fourth-order valence-corrected chi connectivity index (χ4v) is 3.33. The molecule has 1 atom stereocenters. The number of carbonyl (C=O) groups is 2. The fraction of sp³-hybridized carbons (Fsp3) is 0.158. The molecule has 0 radical (unpaired) electrons. The van der Waals surface area contributed by atoms with Crippen molar-refractivity contribution in [1.82, 2.24) is 20.6 Å². The van der Waals surface area contributed by atoms with Crippen LogP contribution in [-0.2, 0) is 16.0 Å². The van der Waals surface area contributed by atoms with E-state index in [-0.39, 0.29) is 12.0 Å². The minimum atomic E-state index is -1.15. The molecule has 0 saturated carbocycles. The summed E-state index contributed by atoms with van der Waals surface area (Å²) >= 11 is 1.37. The van der Waals surface area contributed by atoms with Gasteiger partial charge in [-0.05, 0) is 29.8 Å². The summed E-state index contributed by atoms with van der Waals surface area (Å²) in [5.74, 6) is -3.15. The minimum Gasteiger partial charge on any atom is -0.357 e. The highest BCUT2D eigenvalue weighted by molar-refractivity contribution is 7.13. The lowest BCUT2D eigenvalue weighted by Gasteiger charge is -2.17. The van der Waals surface area contributed by atoms with Gasteiger partial charge in [0.25, 0.3) is 0 Å². The standard InChI is InChI=1S/C19H16F2N4O2S/c1-22-18(27)17(11-4-5-14(20)15(21)7-11)25-16(26)8-13-10-28-19(24-13)12-3-2-6-23-9-12/h2-7,9-10,17H,8H2,1H3,(H,22,27)(H,25,26). The maximum atomic E-state index is 13.5. The van der Waals surface area contributed by atoms with Crippen LogP contribution in [0.25, 0.3) is 10.6 Å². The maximum Gasteiger partial charge on any atom is 0.246 e. The highest BCUT2D eigenvalue weighted by Gasteiger charge is 2.23. The van der Waals surface area contributed by atoms with Crippen molar-refractivity contribution in [2.24, 2.45) is 0 Å². The van der Waals surface area contributed by atoms with Gasteiger partial charge in [0.1, 0.15) is 11.0 Å². The summed E-state index contributed by atoms with van der Waals surface area (Å²) in [6.07, 6.45) is 3.27. The van der Waals surface area contributed by atoms with E-state index in [0.29, 0.717) is 5.69 Å². The first-order valence-electron chi connectivity index (χ1n) is 8.28. The van der Waals surface area contributed by atoms with Gasteiger partial charge in [0, 0.05) is 30.4 Å². The van der Waals surface area contributed by atoms with Crippen LogP contribution in [0.3, 0.4) is 0 Å². The Kier molecular flexibility index (Phi) is 6.05. The summed E-state index contributed by atoms with van der Waals surface area (Å²) in [6.45, 7) is 0. The van der Waals surface area contributed by atoms with Gasteiger partial charge in [0.05, 0.1) is 12.1 Å². The Morgan fingerprint density at radius 1 is 1.21 bits per heavy atom. The Labute approximate surface area is 163 Å². The number of halogens is 2. The number of pyridine rings is 1. The van der Waals surface area contributed by atoms with Gasteiger partial charge in [-0.15, -0.1) is 11.3 Å². The van der Waals surface area contributed by atoms with Crippen molar-refractivity contribution in [3.63, 3.8) is 0 Å². The number of nitrogens with zero attached hydrogens (tertiary/aromatic N) is 2. The third-order valence-corrected chi connectivity index (χ3v) is 4.83. The first-order valence-corrected chi connectivity index (χ1v) is 9.16. The average Bonchev–Trinajstić information content (AvgIpc) is 3.17. The van der Waals surface area contributed by atoms with Crippen LogP contribution in [0.15, 0.2) is 48.1 Å². The van der Waals surface area contributed by atoms with Crippen molar-refractivity contribution >= 4 is 23.2 Å². The number of carbonyl (C=O) groups excluding carboxylic acids is 2. The highest BCUT2D eigenvalue weighted by Crippen LogP contribution is 2.23. The van der Waals surface area contributed by atoms with Gasteiger partial charge in [-0.25, -0.2) is 13.8 Å². The molecule has 2 N–H and O–H groups in total. The number of amides is 2. The lowest BCUT2D eigenvalue weighted by molar-refractivity contribution is -0.128. The summed E-state index contributed by atoms with van der Waals surface area (Å²) in [5, 5.41) is 7.41. The lowest BCUT2D eigenvalue weighted by Crippen LogP contribution is -2.39. The molecule has 3 aromatic rings. The van der Waals surface area contributed by atoms with E-state index in [9.17, 15) is 18.4 Å². The number of hydrogen-bond donors (Lipinski definition) is 2. The second-order valence-corrected chi connectivity index (χ2v) is 6.71. The number of nitrogens with one attached hydrogen (secondary N) is 2. The first kappa shape index (κ1) is 19.6. The molecule has 2 heterocycles. The van der Waals surface area contributed by atoms with Crippen molar-refractivity contribution in [3.8, 4) is 10.6 Å². The summed E-state index contributed by atoms with van der Waals surface area (Å²) in [7, 11) is 1.39. The SMILES string of the molecule is CNC(=O)C(NC(=O)Cc1csc(-c2cccnc2)n1)c1ccc(F)c(F)c1. The van der Waals surface area contributed by atoms with Crippen molar-refractivity contribution in [1.29, 1.82) is 0 Å². The van der Waals surface area contributed by atoms with Crippen LogP contribution in [0.2, 0.25) is 0 Å². The Morgan fingerprint density at radius 3 is 2.71 bits per heavy atom. The Balaban J connectivity index is 1.73. The lowest BCUT2D eigenvalue weighted by atomic mass is 10.1. The molecule has 0 bridgehead atoms. The van der Waals surface area contributed by atoms with E-state index in [4.69, 9.17) is 0 Å². The van der Waals surface area contributed by atoms with E-state index in [1.54, 1.807) is 23.8 Å². The van der Waals surface area contributed by atoms with Crippen LogP contribution >= 0.6 is 11.3 Å². The van der Waals surface area contributed by atoms with Crippen LogP contribution < -0.4 is 10.6 Å². The van der Waals surface area contributed by atoms with Crippen LogP contribution in [0.4, 0.5) is 8.78 Å². The largest absolute Gasteiger partial charge is 0.357 e. The van der Waals surface area contributed by atoms with Crippen LogP contribution in [0.5, 0.6) is 0 Å². The summed E-state index contributed by atoms with van der Waals surface area (Å²) < 4.78 is 26.7. The Morgan fingerprint density at radius 2 is 2.04 bits per heavy atom. The smallest absolute Gasteiger partial charge is 0.246 e. The van der Waals surface area contributed by atoms with E-state index in [1.165, 1.54) is 24.5 Å². The molecule has 3 rings (SSSR count). The van der Waals surface area contributed by atoms with Crippen LogP contribution in [0, 0.1) is 11.6 Å². The second-order valence-electron chi connectivity index (χ2n) is 5.85. The molecule has 2 amide bonds. The van der Waals surface area contributed by atoms with Gasteiger partial charge in [0.2, 0.25) is 11.8 Å². The van der Waals surface area contributed by atoms with E-state index in [0.717, 1.165) is 22.7 Å². The topological polar surface area (TPSA) is 84.0 Å². The van der Waals surface area contributed by atoms with Gasteiger partial charge in [-0.3, -0.25) is 14.6 Å². The van der Waals surface area contributed by atoms with E-state index in [1.807, 2.05) is 6.07 Å². The zero-order valence-electron chi connectivity index (χ0n) is 14.8. The summed E-state index contributed by atoms with van der Waals surface area (Å²) in [4.78, 5) is 33.0. The van der Waals surface area contributed by atoms with Crippen molar-refractivity contribution in [2.45, 2.75) is 12.5 Å². The van der Waals surface area contributed by atoms with Gasteiger partial charge in [0.15, 0.2) is 11.6 Å². The van der Waals surface area contributed by atoms with Crippen LogP contribution in [-0.4, -0.2) is 28.8 Å². The fourth-order valence-electron chi connectivity index (χ4n) is 2.52. The monoisotopic (exact) mass is 402 g/mol. The highest BCUT2D eigenvalue weighted by atomic mass is 32.1. The van der Waals surface area contributed by atoms with Gasteiger partial charge in [-0.1, -0.05) is 6.07 Å². The quantitative estimate of drug-likeness (QED) is 0.664. The van der Waals surface area contributed by atoms with Crippen molar-refractivity contribution in [2.75, 3.05) is 7.05 Å². The third-order valence-electron chi connectivity index (χ3n) is 3.89. The number of aromatic nitrogens is 2. The van der Waals surface area contributed by atoms with Gasteiger partial charge >= 0.3 is 0 Å². The Hall–Kier alpha value is -3.20. The van der Waals surface area contributed by atoms with Crippen LogP contribution in [0.1, 0.15) is 17.3 Å². The second kappa shape index (κ2) is 8.66. The molecule has 144 valence electrons. The average molecular weight is 402 g/mol. The zero-order chi connectivity index (χ0) is 20.1. The Bertz CT molecular complexity index is 995. The molecule has 1 unspecified atom stereocenters. The van der Waals surface area contributed by atoms with Crippen molar-refractivity contribution in [3.05, 3.63) is 71.0 Å². The summed E-state index contributed by atoms with van der Waals surface area (Å²) in [5.41, 5.74) is 1.51. The third kappa shape index (κ3) is 4.55. The molecule has 0 aliphatic carbocycles. The molecular weight excluding hydrogens is 386 g/mol. The maximum absolute atomic E-state index is 13.5. The molecule has 0 aliphatic heterocycles. The van der Waals surface area contributed by atoms with Gasteiger partial charge in [-0.2, -0.15) is 0 Å². The predicted molar refractivity (Wildman–Crippen MR) is 100 cm³/mol. The molecule has 6 nitrogen and oxygen atoms in total. The van der Waals surface area contributed by atoms with Crippen molar-refractivity contribution < 1.29 is 18.4 Å². The molecule has 0 fully saturated rings. The molecule has 0 saturated heterocycles. The number of likely N-dealkylation sites (N-methyl/N-ethyl adjacent to an activating group) is 1. The van der Waals surface area contributed by atoms with E-state index >= 15 is 0 Å². The minimum absolute atomic E-state index is 0.0616. The van der Waals surface area contributed by atoms with E-state index in [2.05, 4.69) is 20.6 Å². The predicted octanol–water partition coefficient (Wildman–Crippen LogP) is 2.63. The molecule has 9 heteroatoms. The molecule has 1 aromatic carbocycles. The first-order chi connectivity index (χ1) is 13.5. The number of thiazole rings is 1. The zero-order valence-corrected chi connectivity index (χ0v) is 15.6. The molecule has 0 aliphatic rings. The number of benzene rings is 1. The number of rotatable bonds is 6. The molecule has 28 heavy (non-hydrogen) atoms. The normalized spacial score (nSPS) is 11.7. The molecular formula is C19H16F2N4O2S. The summed E-state index contributed by atoms with van der Waals surface area (Å²) in [6, 6.07) is 5.55. The van der Waals surface area contributed by atoms with Gasteiger partial charge < -0.3 is 10.6 Å². The number of hydrogen-bond acceptors (Lipinski definition) is 5.